The maximum Gasteiger partial charge on any atom is 0.240 e. The summed E-state index contributed by atoms with van der Waals surface area (Å²) >= 11 is 0. The Bertz CT molecular complexity index is 557. The molecule has 0 spiro atoms. The summed E-state index contributed by atoms with van der Waals surface area (Å²) in [6.45, 7) is 3.92. The van der Waals surface area contributed by atoms with E-state index < -0.39 is 10.0 Å². The molecule has 21 heavy (non-hydrogen) atoms. The predicted molar refractivity (Wildman–Crippen MR) is 82.0 cm³/mol. The third kappa shape index (κ3) is 5.70. The molecule has 0 bridgehead atoms. The van der Waals surface area contributed by atoms with Crippen molar-refractivity contribution in [2.45, 2.75) is 37.6 Å². The van der Waals surface area contributed by atoms with Crippen LogP contribution in [-0.2, 0) is 14.8 Å². The van der Waals surface area contributed by atoms with Crippen molar-refractivity contribution < 1.29 is 13.2 Å². The molecule has 0 aliphatic carbocycles. The third-order valence-electron chi connectivity index (χ3n) is 3.00. The zero-order valence-corrected chi connectivity index (χ0v) is 13.0. The second kappa shape index (κ2) is 7.96. The molecule has 7 nitrogen and oxygen atoms in total. The average molecular weight is 314 g/mol. The van der Waals surface area contributed by atoms with E-state index in [4.69, 9.17) is 5.84 Å². The zero-order valence-electron chi connectivity index (χ0n) is 12.2. The summed E-state index contributed by atoms with van der Waals surface area (Å²) in [6, 6.07) is 6.09. The number of hydrazine groups is 1. The van der Waals surface area contributed by atoms with E-state index in [1.165, 1.54) is 12.1 Å². The lowest BCUT2D eigenvalue weighted by Gasteiger charge is -2.11. The van der Waals surface area contributed by atoms with Crippen LogP contribution in [0.15, 0.2) is 29.2 Å². The van der Waals surface area contributed by atoms with E-state index >= 15 is 0 Å². The number of hydrogen-bond acceptors (Lipinski definition) is 5. The Hall–Kier alpha value is -1.64. The van der Waals surface area contributed by atoms with Crippen LogP contribution in [0.4, 0.5) is 5.69 Å². The maximum absolute atomic E-state index is 12.0. The smallest absolute Gasteiger partial charge is 0.240 e. The summed E-state index contributed by atoms with van der Waals surface area (Å²) in [6.07, 6.45) is 0.936. The van der Waals surface area contributed by atoms with Gasteiger partial charge in [0.05, 0.1) is 4.90 Å². The first-order valence-electron chi connectivity index (χ1n) is 6.74. The number of carbonyl (C=O) groups is 1. The Morgan fingerprint density at radius 3 is 2.43 bits per heavy atom. The van der Waals surface area contributed by atoms with Gasteiger partial charge in [0.25, 0.3) is 0 Å². The fourth-order valence-corrected chi connectivity index (χ4v) is 2.59. The normalized spacial score (nSPS) is 12.7. The summed E-state index contributed by atoms with van der Waals surface area (Å²) < 4.78 is 26.4. The van der Waals surface area contributed by atoms with E-state index in [2.05, 4.69) is 15.5 Å². The summed E-state index contributed by atoms with van der Waals surface area (Å²) in [4.78, 5) is 11.7. The van der Waals surface area contributed by atoms with Crippen LogP contribution in [0.1, 0.15) is 26.7 Å². The molecular formula is C13H22N4O3S. The minimum absolute atomic E-state index is 0.0570. The summed E-state index contributed by atoms with van der Waals surface area (Å²) in [5.74, 6) is 5.04. The average Bonchev–Trinajstić information content (AvgIpc) is 2.46. The van der Waals surface area contributed by atoms with Crippen LogP contribution in [-0.4, -0.2) is 26.9 Å². The van der Waals surface area contributed by atoms with Crippen molar-refractivity contribution in [3.05, 3.63) is 24.3 Å². The van der Waals surface area contributed by atoms with Crippen molar-refractivity contribution in [1.29, 1.82) is 0 Å². The zero-order chi connectivity index (χ0) is 15.9. The highest BCUT2D eigenvalue weighted by Crippen LogP contribution is 2.12. The molecule has 0 fully saturated rings. The minimum atomic E-state index is -3.61. The number of nitrogen functional groups attached to an aromatic ring is 1. The van der Waals surface area contributed by atoms with Gasteiger partial charge in [-0.1, -0.05) is 6.92 Å². The molecule has 1 unspecified atom stereocenters. The van der Waals surface area contributed by atoms with Crippen LogP contribution in [0, 0.1) is 0 Å². The molecule has 0 aromatic heterocycles. The number of hydrogen-bond donors (Lipinski definition) is 4. The lowest BCUT2D eigenvalue weighted by Crippen LogP contribution is -2.35. The Morgan fingerprint density at radius 2 is 1.90 bits per heavy atom. The van der Waals surface area contributed by atoms with Gasteiger partial charge in [0, 0.05) is 24.7 Å². The van der Waals surface area contributed by atoms with Crippen molar-refractivity contribution in [2.75, 3.05) is 12.0 Å². The first-order valence-corrected chi connectivity index (χ1v) is 8.23. The van der Waals surface area contributed by atoms with Crippen LogP contribution in [0.25, 0.3) is 0 Å². The van der Waals surface area contributed by atoms with E-state index in [9.17, 15) is 13.2 Å². The SMILES string of the molecule is CCC(C)NC(=O)CCNS(=O)(=O)c1ccc(NN)cc1. The van der Waals surface area contributed by atoms with Gasteiger partial charge in [-0.15, -0.1) is 0 Å². The van der Waals surface area contributed by atoms with Crippen LogP contribution in [0.3, 0.4) is 0 Å². The molecule has 0 saturated carbocycles. The second-order valence-electron chi connectivity index (χ2n) is 4.69. The third-order valence-corrected chi connectivity index (χ3v) is 4.47. The number of sulfonamides is 1. The van der Waals surface area contributed by atoms with Crippen molar-refractivity contribution in [3.8, 4) is 0 Å². The van der Waals surface area contributed by atoms with Crippen LogP contribution in [0.2, 0.25) is 0 Å². The largest absolute Gasteiger partial charge is 0.354 e. The summed E-state index contributed by atoms with van der Waals surface area (Å²) in [5.41, 5.74) is 3.03. The fraction of sp³-hybridized carbons (Fsp3) is 0.462. The van der Waals surface area contributed by atoms with Crippen molar-refractivity contribution in [2.24, 2.45) is 5.84 Å². The molecule has 0 saturated heterocycles. The van der Waals surface area contributed by atoms with Gasteiger partial charge in [0.2, 0.25) is 15.9 Å². The highest BCUT2D eigenvalue weighted by molar-refractivity contribution is 7.89. The van der Waals surface area contributed by atoms with E-state index in [0.717, 1.165) is 6.42 Å². The number of nitrogens with one attached hydrogen (secondary N) is 3. The highest BCUT2D eigenvalue weighted by atomic mass is 32.2. The molecule has 1 aromatic carbocycles. The molecule has 1 rings (SSSR count). The quantitative estimate of drug-likeness (QED) is 0.413. The lowest BCUT2D eigenvalue weighted by atomic mass is 10.2. The van der Waals surface area contributed by atoms with Crippen LogP contribution >= 0.6 is 0 Å². The maximum atomic E-state index is 12.0. The first kappa shape index (κ1) is 17.4. The lowest BCUT2D eigenvalue weighted by molar-refractivity contribution is -0.121. The molecule has 0 radical (unpaired) electrons. The van der Waals surface area contributed by atoms with Crippen LogP contribution in [0.5, 0.6) is 0 Å². The molecule has 1 aromatic rings. The van der Waals surface area contributed by atoms with Gasteiger partial charge < -0.3 is 10.7 Å². The van der Waals surface area contributed by atoms with Crippen LogP contribution < -0.4 is 21.3 Å². The number of carbonyl (C=O) groups excluding carboxylic acids is 1. The van der Waals surface area contributed by atoms with E-state index in [1.807, 2.05) is 13.8 Å². The Kier molecular flexibility index (Phi) is 6.60. The first-order chi connectivity index (χ1) is 9.89. The molecular weight excluding hydrogens is 292 g/mol. The Labute approximate surface area is 125 Å². The molecule has 118 valence electrons. The van der Waals surface area contributed by atoms with Gasteiger partial charge in [0.1, 0.15) is 0 Å². The molecule has 1 atom stereocenters. The van der Waals surface area contributed by atoms with Crippen molar-refractivity contribution >= 4 is 21.6 Å². The van der Waals surface area contributed by atoms with E-state index in [-0.39, 0.29) is 29.8 Å². The number of benzene rings is 1. The van der Waals surface area contributed by atoms with Crippen molar-refractivity contribution in [3.63, 3.8) is 0 Å². The van der Waals surface area contributed by atoms with Gasteiger partial charge in [-0.2, -0.15) is 0 Å². The van der Waals surface area contributed by atoms with Gasteiger partial charge in [-0.3, -0.25) is 10.6 Å². The molecule has 8 heteroatoms. The van der Waals surface area contributed by atoms with Gasteiger partial charge in [-0.05, 0) is 37.6 Å². The van der Waals surface area contributed by atoms with E-state index in [0.29, 0.717) is 5.69 Å². The van der Waals surface area contributed by atoms with Gasteiger partial charge >= 0.3 is 0 Å². The number of amides is 1. The minimum Gasteiger partial charge on any atom is -0.354 e. The highest BCUT2D eigenvalue weighted by Gasteiger charge is 2.14. The second-order valence-corrected chi connectivity index (χ2v) is 6.46. The monoisotopic (exact) mass is 314 g/mol. The molecule has 0 heterocycles. The Morgan fingerprint density at radius 1 is 1.29 bits per heavy atom. The fourth-order valence-electron chi connectivity index (χ4n) is 1.56. The molecule has 5 N–H and O–H groups in total. The van der Waals surface area contributed by atoms with Crippen molar-refractivity contribution in [1.82, 2.24) is 10.0 Å². The molecule has 1 amide bonds. The van der Waals surface area contributed by atoms with Gasteiger partial charge in [-0.25, -0.2) is 13.1 Å². The number of nitrogens with two attached hydrogens (primary N) is 1. The number of anilines is 1. The standard InChI is InChI=1S/C13H22N4O3S/c1-3-10(2)16-13(18)8-9-15-21(19,20)12-6-4-11(17-14)5-7-12/h4-7,10,15,17H,3,8-9,14H2,1-2H3,(H,16,18). The Balaban J connectivity index is 2.51. The number of rotatable bonds is 8. The summed E-state index contributed by atoms with van der Waals surface area (Å²) in [7, 11) is -3.61. The van der Waals surface area contributed by atoms with Gasteiger partial charge in [0.15, 0.2) is 0 Å². The predicted octanol–water partition coefficient (Wildman–Crippen LogP) is 0.555. The topological polar surface area (TPSA) is 113 Å². The van der Waals surface area contributed by atoms with E-state index in [1.54, 1.807) is 12.1 Å². The molecule has 0 aliphatic rings. The summed E-state index contributed by atoms with van der Waals surface area (Å²) in [5, 5.41) is 2.77. The molecule has 0 aliphatic heterocycles.